The Labute approximate surface area is 138 Å². The van der Waals surface area contributed by atoms with E-state index in [9.17, 15) is 0 Å². The number of thiol groups is 2. The van der Waals surface area contributed by atoms with E-state index in [4.69, 9.17) is 0 Å². The maximum absolute atomic E-state index is 4.11. The van der Waals surface area contributed by atoms with Gasteiger partial charge in [0.1, 0.15) is 26.2 Å². The Hall–Kier alpha value is 1.25. The predicted octanol–water partition coefficient (Wildman–Crippen LogP) is 0.669. The zero-order valence-corrected chi connectivity index (χ0v) is 15.8. The van der Waals surface area contributed by atoms with E-state index in [1.807, 2.05) is 0 Å². The molecule has 0 amide bonds. The largest absolute Gasteiger partial charge is 3.00 e. The van der Waals surface area contributed by atoms with Gasteiger partial charge in [0.15, 0.2) is 0 Å². The summed E-state index contributed by atoms with van der Waals surface area (Å²) in [6.07, 6.45) is 0. The average Bonchev–Trinajstić information content (AvgIpc) is 2.21. The molecule has 0 unspecified atom stereocenters. The molecule has 17 heavy (non-hydrogen) atoms. The van der Waals surface area contributed by atoms with Crippen LogP contribution in [-0.2, 0) is 42.0 Å². The van der Waals surface area contributed by atoms with E-state index in [2.05, 4.69) is 87.4 Å². The fraction of sp³-hybridized carbons (Fsp3) is 0.800. The van der Waals surface area contributed by atoms with Crippen molar-refractivity contribution in [3.8, 4) is 0 Å². The maximum atomic E-state index is 4.11. The predicted molar refractivity (Wildman–Crippen MR) is 91.0 cm³/mol. The summed E-state index contributed by atoms with van der Waals surface area (Å²) >= 11 is 14.8. The molecule has 0 aromatic carbocycles. The maximum Gasteiger partial charge on any atom is 3.00 e. The van der Waals surface area contributed by atoms with Crippen molar-refractivity contribution in [1.29, 1.82) is 0 Å². The smallest absolute Gasteiger partial charge is 0.184 e. The molecule has 0 atom stereocenters. The van der Waals surface area contributed by atoms with Crippen LogP contribution >= 0.6 is 25.3 Å². The topological polar surface area (TPSA) is 6.02 Å². The molecule has 0 aliphatic carbocycles. The fourth-order valence-corrected chi connectivity index (χ4v) is 2.24. The Kier molecular flexibility index (Phi) is 21.0. The molecule has 0 rings (SSSR count). The molecule has 0 spiro atoms. The van der Waals surface area contributed by atoms with Gasteiger partial charge in [0, 0.05) is 0 Å². The molecule has 0 aromatic heterocycles. The molecule has 7 heteroatoms. The van der Waals surface area contributed by atoms with Crippen molar-refractivity contribution in [1.82, 2.24) is 0 Å². The molecule has 0 aliphatic rings. The zero-order valence-electron chi connectivity index (χ0n) is 11.0. The van der Waals surface area contributed by atoms with Gasteiger partial charge in [0.25, 0.3) is 0 Å². The molecule has 2 nitrogen and oxygen atoms in total. The molecule has 0 N–H and O–H groups in total. The van der Waals surface area contributed by atoms with Gasteiger partial charge in [-0.05, 0) is 53.0 Å². The van der Waals surface area contributed by atoms with Crippen molar-refractivity contribution in [3.63, 3.8) is 0 Å². The van der Waals surface area contributed by atoms with E-state index >= 15 is 0 Å². The summed E-state index contributed by atoms with van der Waals surface area (Å²) in [4.78, 5) is 0. The van der Waals surface area contributed by atoms with Gasteiger partial charge in [-0.15, -0.1) is 0 Å². The molecule has 0 radical (unpaired) electrons. The van der Waals surface area contributed by atoms with Crippen molar-refractivity contribution in [3.05, 3.63) is 0 Å². The second-order valence-corrected chi connectivity index (χ2v) is 5.63. The molecule has 0 aromatic rings. The van der Waals surface area contributed by atoms with Crippen LogP contribution in [0.2, 0.25) is 0 Å². The van der Waals surface area contributed by atoms with Gasteiger partial charge in [-0.1, -0.05) is 0 Å². The number of nitrogens with zero attached hydrogens (tertiary/aromatic N) is 2. The SMILES string of the molecule is CC[N+](CC)=C(S)[SH2+].CC[N+](CC)=C(S)[SH2+].[Co+3]. The third-order valence-electron chi connectivity index (χ3n) is 2.13. The van der Waals surface area contributed by atoms with E-state index in [0.29, 0.717) is 0 Å². The molecule has 0 saturated heterocycles. The summed E-state index contributed by atoms with van der Waals surface area (Å²) in [6, 6.07) is 0. The standard InChI is InChI=1S/2C5H11NS2.Co/c2*1-3-6(4-2)5(7)8;/h2*3-4H2,1-2H3,(H,7,8);/q;;+3/p+4. The van der Waals surface area contributed by atoms with Gasteiger partial charge in [-0.2, -0.15) is 9.15 Å². The summed E-state index contributed by atoms with van der Waals surface area (Å²) in [5.41, 5.74) is 0. The van der Waals surface area contributed by atoms with Gasteiger partial charge in [-0.3, -0.25) is 0 Å². The Balaban J connectivity index is -0.000000218. The summed E-state index contributed by atoms with van der Waals surface area (Å²) in [7, 11) is 0. The van der Waals surface area contributed by atoms with E-state index in [1.165, 1.54) is 0 Å². The van der Waals surface area contributed by atoms with Gasteiger partial charge in [0.2, 0.25) is 0 Å². The zero-order chi connectivity index (χ0) is 13.1. The van der Waals surface area contributed by atoms with Crippen molar-refractivity contribution in [2.75, 3.05) is 26.2 Å². The van der Waals surface area contributed by atoms with Crippen molar-refractivity contribution >= 4 is 59.3 Å². The minimum absolute atomic E-state index is 0. The number of rotatable bonds is 4. The molecular weight excluding hydrogens is 335 g/mol. The van der Waals surface area contributed by atoms with Crippen molar-refractivity contribution in [2.24, 2.45) is 0 Å². The first-order valence-electron chi connectivity index (χ1n) is 5.49. The van der Waals surface area contributed by atoms with Gasteiger partial charge < -0.3 is 0 Å². The molecule has 0 aliphatic heterocycles. The van der Waals surface area contributed by atoms with Crippen LogP contribution in [0.4, 0.5) is 0 Å². The Morgan fingerprint density at radius 1 is 0.765 bits per heavy atom. The monoisotopic (exact) mass is 361 g/mol. The Morgan fingerprint density at radius 3 is 0.941 bits per heavy atom. The van der Waals surface area contributed by atoms with E-state index in [-0.39, 0.29) is 16.8 Å². The Bertz CT molecular complexity index is 209. The van der Waals surface area contributed by atoms with Crippen LogP contribution in [0.1, 0.15) is 27.7 Å². The summed E-state index contributed by atoms with van der Waals surface area (Å²) in [5, 5.41) is 0. The van der Waals surface area contributed by atoms with Crippen molar-refractivity contribution in [2.45, 2.75) is 27.7 Å². The van der Waals surface area contributed by atoms with E-state index < -0.39 is 0 Å². The molecule has 102 valence electrons. The van der Waals surface area contributed by atoms with Gasteiger partial charge in [-0.25, -0.2) is 0 Å². The minimum atomic E-state index is 0. The number of hydrogen-bond donors (Lipinski definition) is 2. The molecular formula is C10H26CoN2S4+7. The fourth-order valence-electron chi connectivity index (χ4n) is 1.05. The summed E-state index contributed by atoms with van der Waals surface area (Å²) in [5.74, 6) is 0. The second kappa shape index (κ2) is 15.3. The molecule has 0 bridgehead atoms. The summed E-state index contributed by atoms with van der Waals surface area (Å²) < 4.78 is 6.05. The van der Waals surface area contributed by atoms with Crippen LogP contribution in [0.15, 0.2) is 0 Å². The molecule has 0 fully saturated rings. The van der Waals surface area contributed by atoms with Gasteiger partial charge in [0.05, 0.1) is 25.3 Å². The van der Waals surface area contributed by atoms with Crippen LogP contribution < -0.4 is 0 Å². The average molecular weight is 362 g/mol. The number of hydrogen-bond acceptors (Lipinski definition) is 0. The summed E-state index contributed by atoms with van der Waals surface area (Å²) in [6.45, 7) is 12.4. The van der Waals surface area contributed by atoms with Crippen LogP contribution in [0.5, 0.6) is 0 Å². The Morgan fingerprint density at radius 2 is 0.941 bits per heavy atom. The van der Waals surface area contributed by atoms with Crippen LogP contribution in [0, 0.1) is 0 Å². The minimum Gasteiger partial charge on any atom is -0.184 e. The normalized spacial score (nSPS) is 8.47. The van der Waals surface area contributed by atoms with Crippen LogP contribution in [0.25, 0.3) is 0 Å². The second-order valence-electron chi connectivity index (χ2n) is 2.99. The quantitative estimate of drug-likeness (QED) is 0.239. The first-order valence-corrected chi connectivity index (χ1v) is 7.38. The van der Waals surface area contributed by atoms with Crippen LogP contribution in [-0.4, -0.2) is 44.1 Å². The van der Waals surface area contributed by atoms with Gasteiger partial charge >= 0.3 is 25.5 Å². The third-order valence-corrected chi connectivity index (χ3v) is 3.32. The first kappa shape index (κ1) is 23.3. The van der Waals surface area contributed by atoms with Crippen molar-refractivity contribution < 1.29 is 25.9 Å². The molecule has 0 heterocycles. The van der Waals surface area contributed by atoms with E-state index in [0.717, 1.165) is 34.9 Å². The third kappa shape index (κ3) is 13.5. The molecule has 0 saturated carbocycles. The van der Waals surface area contributed by atoms with E-state index in [1.54, 1.807) is 0 Å². The van der Waals surface area contributed by atoms with Crippen LogP contribution in [0.3, 0.4) is 0 Å². The first-order chi connectivity index (χ1) is 7.44.